The van der Waals surface area contributed by atoms with Crippen molar-refractivity contribution < 1.29 is 5.11 Å². The second-order valence-electron chi connectivity index (χ2n) is 8.39. The minimum atomic E-state index is -0.465. The average molecular weight is 454 g/mol. The fourth-order valence-corrected chi connectivity index (χ4v) is 4.52. The number of H-pyrrole nitrogens is 1. The molecule has 0 spiro atoms. The predicted molar refractivity (Wildman–Crippen MR) is 132 cm³/mol. The molecule has 172 valence electrons. The molecule has 3 aromatic heterocycles. The van der Waals surface area contributed by atoms with Crippen molar-refractivity contribution in [3.05, 3.63) is 88.9 Å². The van der Waals surface area contributed by atoms with E-state index in [-0.39, 0.29) is 6.04 Å². The molecule has 0 bridgehead atoms. The van der Waals surface area contributed by atoms with Gasteiger partial charge in [-0.3, -0.25) is 9.98 Å². The number of benzene rings is 1. The highest BCUT2D eigenvalue weighted by Crippen LogP contribution is 2.32. The van der Waals surface area contributed by atoms with Crippen molar-refractivity contribution in [2.24, 2.45) is 10.1 Å². The van der Waals surface area contributed by atoms with Gasteiger partial charge in [-0.05, 0) is 42.3 Å². The highest BCUT2D eigenvalue weighted by molar-refractivity contribution is 5.76. The molecule has 4 aromatic rings. The van der Waals surface area contributed by atoms with Crippen LogP contribution in [0, 0.1) is 6.92 Å². The fraction of sp³-hybridized carbons (Fsp3) is 0.231. The van der Waals surface area contributed by atoms with Crippen molar-refractivity contribution in [3.8, 4) is 22.6 Å². The van der Waals surface area contributed by atoms with E-state index in [0.29, 0.717) is 18.5 Å². The van der Waals surface area contributed by atoms with Gasteiger partial charge < -0.3 is 15.4 Å². The number of imidazole rings is 1. The van der Waals surface area contributed by atoms with Crippen molar-refractivity contribution in [2.75, 3.05) is 7.05 Å². The Labute approximate surface area is 197 Å². The van der Waals surface area contributed by atoms with Gasteiger partial charge in [0, 0.05) is 37.6 Å². The summed E-state index contributed by atoms with van der Waals surface area (Å²) in [6.45, 7) is 6.09. The van der Waals surface area contributed by atoms with Crippen LogP contribution < -0.4 is 10.8 Å². The standard InChI is InChI=1S/C26H27N7O/c1-16-7-6-10-20(30-16)26-24(18-11-12-23(27-2)33(15-18)28-3)31-22(32-26)14-29-25-19-9-5-4-8-17(19)13-21(25)34/h4-12,15,21,25,29,34H,3,13-14H2,1-2H3,(H,31,32). The van der Waals surface area contributed by atoms with E-state index in [1.54, 1.807) is 11.7 Å². The zero-order valence-electron chi connectivity index (χ0n) is 19.2. The van der Waals surface area contributed by atoms with Crippen molar-refractivity contribution in [1.29, 1.82) is 0 Å². The molecule has 5 rings (SSSR count). The quantitative estimate of drug-likeness (QED) is 0.391. The van der Waals surface area contributed by atoms with Crippen LogP contribution in [-0.2, 0) is 13.0 Å². The molecular formula is C26H27N7O. The SMILES string of the molecule is C=Nn1cc(-c2nc(CNC3c4ccccc4CC3O)[nH]c2-c2cccc(C)n2)ccc1=NC. The largest absolute Gasteiger partial charge is 0.391 e. The van der Waals surface area contributed by atoms with Gasteiger partial charge in [-0.2, -0.15) is 5.10 Å². The number of aryl methyl sites for hydroxylation is 1. The maximum atomic E-state index is 10.6. The van der Waals surface area contributed by atoms with E-state index in [4.69, 9.17) is 9.97 Å². The maximum Gasteiger partial charge on any atom is 0.148 e. The molecular weight excluding hydrogens is 426 g/mol. The number of aliphatic hydroxyl groups is 1. The molecule has 0 amide bonds. The Morgan fingerprint density at radius 1 is 1.15 bits per heavy atom. The highest BCUT2D eigenvalue weighted by Gasteiger charge is 2.30. The van der Waals surface area contributed by atoms with E-state index in [1.807, 2.05) is 55.6 Å². The van der Waals surface area contributed by atoms with Gasteiger partial charge >= 0.3 is 0 Å². The number of hydrogen-bond acceptors (Lipinski definition) is 6. The Hall–Kier alpha value is -3.88. The molecule has 0 saturated carbocycles. The molecule has 8 heteroatoms. The summed E-state index contributed by atoms with van der Waals surface area (Å²) in [6.07, 6.45) is 2.05. The summed E-state index contributed by atoms with van der Waals surface area (Å²) in [5, 5.41) is 18.1. The molecule has 2 unspecified atom stereocenters. The van der Waals surface area contributed by atoms with Gasteiger partial charge in [-0.25, -0.2) is 9.66 Å². The topological polar surface area (TPSA) is 103 Å². The van der Waals surface area contributed by atoms with E-state index in [0.717, 1.165) is 39.7 Å². The van der Waals surface area contributed by atoms with Crippen LogP contribution in [0.3, 0.4) is 0 Å². The van der Waals surface area contributed by atoms with E-state index in [2.05, 4.69) is 39.2 Å². The van der Waals surface area contributed by atoms with Crippen LogP contribution in [0.4, 0.5) is 0 Å². The predicted octanol–water partition coefficient (Wildman–Crippen LogP) is 2.99. The second-order valence-corrected chi connectivity index (χ2v) is 8.39. The number of fused-ring (bicyclic) bond motifs is 1. The third-order valence-corrected chi connectivity index (χ3v) is 6.15. The summed E-state index contributed by atoms with van der Waals surface area (Å²) in [4.78, 5) is 17.3. The Balaban J connectivity index is 1.52. The normalized spacial score (nSPS) is 17.7. The van der Waals surface area contributed by atoms with E-state index >= 15 is 0 Å². The van der Waals surface area contributed by atoms with E-state index in [9.17, 15) is 5.11 Å². The van der Waals surface area contributed by atoms with Crippen LogP contribution in [0.2, 0.25) is 0 Å². The van der Waals surface area contributed by atoms with Crippen LogP contribution in [0.25, 0.3) is 22.6 Å². The van der Waals surface area contributed by atoms with E-state index < -0.39 is 6.10 Å². The Bertz CT molecular complexity index is 1420. The van der Waals surface area contributed by atoms with Crippen LogP contribution in [0.1, 0.15) is 28.7 Å². The molecule has 2 atom stereocenters. The first-order valence-electron chi connectivity index (χ1n) is 11.2. The summed E-state index contributed by atoms with van der Waals surface area (Å²) in [5.74, 6) is 0.757. The van der Waals surface area contributed by atoms with Crippen molar-refractivity contribution in [1.82, 2.24) is 24.9 Å². The molecule has 34 heavy (non-hydrogen) atoms. The lowest BCUT2D eigenvalue weighted by Gasteiger charge is -2.17. The van der Waals surface area contributed by atoms with Crippen LogP contribution in [0.15, 0.2) is 70.9 Å². The first kappa shape index (κ1) is 21.9. The molecule has 1 aliphatic carbocycles. The lowest BCUT2D eigenvalue weighted by atomic mass is 10.1. The average Bonchev–Trinajstić information content (AvgIpc) is 3.42. The number of hydrogen-bond donors (Lipinski definition) is 3. The number of aromatic nitrogens is 4. The van der Waals surface area contributed by atoms with Crippen molar-refractivity contribution in [3.63, 3.8) is 0 Å². The Morgan fingerprint density at radius 2 is 2.00 bits per heavy atom. The second kappa shape index (κ2) is 9.17. The maximum absolute atomic E-state index is 10.6. The molecule has 0 aliphatic heterocycles. The summed E-state index contributed by atoms with van der Waals surface area (Å²) in [5.41, 5.74) is 7.20. The first-order chi connectivity index (χ1) is 16.6. The number of nitrogens with one attached hydrogen (secondary N) is 2. The lowest BCUT2D eigenvalue weighted by Crippen LogP contribution is -2.28. The monoisotopic (exact) mass is 453 g/mol. The lowest BCUT2D eigenvalue weighted by molar-refractivity contribution is 0.140. The number of aromatic amines is 1. The molecule has 8 nitrogen and oxygen atoms in total. The van der Waals surface area contributed by atoms with Crippen molar-refractivity contribution >= 4 is 6.72 Å². The van der Waals surface area contributed by atoms with Gasteiger partial charge in [-0.15, -0.1) is 0 Å². The summed E-state index contributed by atoms with van der Waals surface area (Å²) in [6, 6.07) is 17.8. The molecule has 1 aromatic carbocycles. The zero-order chi connectivity index (χ0) is 23.7. The van der Waals surface area contributed by atoms with Crippen molar-refractivity contribution in [2.45, 2.75) is 32.0 Å². The number of aliphatic hydroxyl groups excluding tert-OH is 1. The first-order valence-corrected chi connectivity index (χ1v) is 11.2. The Morgan fingerprint density at radius 3 is 2.79 bits per heavy atom. The fourth-order valence-electron chi connectivity index (χ4n) is 4.52. The van der Waals surface area contributed by atoms with Crippen LogP contribution in [0.5, 0.6) is 0 Å². The molecule has 3 heterocycles. The Kier molecular flexibility index (Phi) is 5.91. The molecule has 3 N–H and O–H groups in total. The molecule has 0 saturated heterocycles. The molecule has 0 radical (unpaired) electrons. The summed E-state index contributed by atoms with van der Waals surface area (Å²) in [7, 11) is 1.71. The minimum absolute atomic E-state index is 0.136. The van der Waals surface area contributed by atoms with Gasteiger partial charge in [0.1, 0.15) is 11.3 Å². The van der Waals surface area contributed by atoms with Gasteiger partial charge in [-0.1, -0.05) is 30.3 Å². The molecule has 0 fully saturated rings. The number of rotatable bonds is 6. The summed E-state index contributed by atoms with van der Waals surface area (Å²) < 4.78 is 1.63. The van der Waals surface area contributed by atoms with Gasteiger partial charge in [0.25, 0.3) is 0 Å². The third-order valence-electron chi connectivity index (χ3n) is 6.15. The smallest absolute Gasteiger partial charge is 0.148 e. The number of nitrogens with zero attached hydrogens (tertiary/aromatic N) is 5. The zero-order valence-corrected chi connectivity index (χ0v) is 19.2. The minimum Gasteiger partial charge on any atom is -0.391 e. The van der Waals surface area contributed by atoms with Gasteiger partial charge in [0.15, 0.2) is 0 Å². The van der Waals surface area contributed by atoms with E-state index in [1.165, 1.54) is 5.56 Å². The van der Waals surface area contributed by atoms with Crippen LogP contribution in [-0.4, -0.2) is 44.6 Å². The van der Waals surface area contributed by atoms with Crippen LogP contribution >= 0.6 is 0 Å². The van der Waals surface area contributed by atoms with Gasteiger partial charge in [0.05, 0.1) is 35.8 Å². The number of pyridine rings is 2. The summed E-state index contributed by atoms with van der Waals surface area (Å²) >= 11 is 0. The third kappa shape index (κ3) is 4.09. The highest BCUT2D eigenvalue weighted by atomic mass is 16.3. The molecule has 1 aliphatic rings. The van der Waals surface area contributed by atoms with Gasteiger partial charge in [0.2, 0.25) is 0 Å².